The minimum absolute atomic E-state index is 0.323. The Morgan fingerprint density at radius 3 is 2.28 bits per heavy atom. The van der Waals surface area contributed by atoms with Gasteiger partial charge >= 0.3 is 0 Å². The van der Waals surface area contributed by atoms with Crippen molar-refractivity contribution in [1.82, 2.24) is 4.90 Å². The van der Waals surface area contributed by atoms with Crippen LogP contribution in [0.4, 0.5) is 11.4 Å². The SMILES string of the molecule is CCOc1ccc(NC(=O)[C@@H]2[C@H]3C(=O)N([C@H](C)CO)C(C(=O)Nc4ccc(Cl)cc4)C34CC[C@@]2(CC)O4)cc1. The fourth-order valence-corrected chi connectivity index (χ4v) is 6.81. The van der Waals surface area contributed by atoms with Crippen LogP contribution in [0.2, 0.25) is 5.02 Å². The van der Waals surface area contributed by atoms with Gasteiger partial charge in [-0.15, -0.1) is 0 Å². The van der Waals surface area contributed by atoms with E-state index in [0.29, 0.717) is 48.0 Å². The molecule has 5 rings (SSSR count). The molecule has 3 aliphatic rings. The van der Waals surface area contributed by atoms with E-state index in [2.05, 4.69) is 10.6 Å². The van der Waals surface area contributed by atoms with Crippen molar-refractivity contribution in [3.63, 3.8) is 0 Å². The van der Waals surface area contributed by atoms with Crippen LogP contribution in [0.25, 0.3) is 0 Å². The first kappa shape index (κ1) is 27.4. The summed E-state index contributed by atoms with van der Waals surface area (Å²) < 4.78 is 12.2. The molecule has 3 N–H and O–H groups in total. The second kappa shape index (κ2) is 10.4. The van der Waals surface area contributed by atoms with Crippen molar-refractivity contribution in [2.24, 2.45) is 11.8 Å². The van der Waals surface area contributed by atoms with Crippen molar-refractivity contribution >= 4 is 40.7 Å². The molecule has 2 aromatic rings. The number of aliphatic hydroxyl groups excluding tert-OH is 1. The standard InChI is InChI=1S/C29H34ClN3O6/c1-4-28-14-15-29(39-28)23(22(28)25(35)31-20-10-12-21(13-11-20)38-5-2)27(37)33(17(3)16-34)24(29)26(36)32-19-8-6-18(30)7-9-19/h6-13,17,22-24,34H,4-5,14-16H2,1-3H3,(H,31,35)(H,32,36)/t17-,22+,23+,24?,28-,29?/m1/s1. The zero-order chi connectivity index (χ0) is 27.9. The number of likely N-dealkylation sites (tertiary alicyclic amines) is 1. The molecule has 3 heterocycles. The lowest BCUT2D eigenvalue weighted by atomic mass is 9.65. The molecule has 3 amide bonds. The van der Waals surface area contributed by atoms with Gasteiger partial charge in [0, 0.05) is 16.4 Å². The minimum atomic E-state index is -1.19. The minimum Gasteiger partial charge on any atom is -0.494 e. The summed E-state index contributed by atoms with van der Waals surface area (Å²) in [6.07, 6.45) is 1.51. The van der Waals surface area contributed by atoms with Crippen LogP contribution in [-0.4, -0.2) is 64.2 Å². The van der Waals surface area contributed by atoms with Gasteiger partial charge in [0.05, 0.1) is 36.7 Å². The van der Waals surface area contributed by atoms with Crippen LogP contribution in [-0.2, 0) is 19.1 Å². The van der Waals surface area contributed by atoms with Gasteiger partial charge in [0.15, 0.2) is 0 Å². The Morgan fingerprint density at radius 1 is 1.08 bits per heavy atom. The highest BCUT2D eigenvalue weighted by molar-refractivity contribution is 6.30. The van der Waals surface area contributed by atoms with Crippen LogP contribution >= 0.6 is 11.6 Å². The number of hydrogen-bond acceptors (Lipinski definition) is 6. The molecule has 0 aromatic heterocycles. The molecule has 2 unspecified atom stereocenters. The number of benzene rings is 2. The molecule has 39 heavy (non-hydrogen) atoms. The fourth-order valence-electron chi connectivity index (χ4n) is 6.68. The first-order valence-electron chi connectivity index (χ1n) is 13.4. The highest BCUT2D eigenvalue weighted by Crippen LogP contribution is 2.64. The summed E-state index contributed by atoms with van der Waals surface area (Å²) in [6.45, 7) is 5.73. The maximum Gasteiger partial charge on any atom is 0.250 e. The molecule has 2 bridgehead atoms. The summed E-state index contributed by atoms with van der Waals surface area (Å²) in [4.78, 5) is 43.2. The molecule has 6 atom stereocenters. The van der Waals surface area contributed by atoms with E-state index in [0.717, 1.165) is 0 Å². The van der Waals surface area contributed by atoms with Crippen molar-refractivity contribution in [2.45, 2.75) is 63.3 Å². The van der Waals surface area contributed by atoms with Gasteiger partial charge in [0.25, 0.3) is 0 Å². The number of aliphatic hydroxyl groups is 1. The second-order valence-corrected chi connectivity index (χ2v) is 11.0. The predicted molar refractivity (Wildman–Crippen MR) is 147 cm³/mol. The average molecular weight is 556 g/mol. The summed E-state index contributed by atoms with van der Waals surface area (Å²) >= 11 is 6.00. The zero-order valence-corrected chi connectivity index (χ0v) is 23.0. The highest BCUT2D eigenvalue weighted by Gasteiger charge is 2.79. The molecule has 10 heteroatoms. The van der Waals surface area contributed by atoms with Crippen LogP contribution in [0.3, 0.4) is 0 Å². The van der Waals surface area contributed by atoms with E-state index in [9.17, 15) is 19.5 Å². The van der Waals surface area contributed by atoms with Gasteiger partial charge in [-0.2, -0.15) is 0 Å². The number of hydrogen-bond donors (Lipinski definition) is 3. The van der Waals surface area contributed by atoms with Crippen molar-refractivity contribution in [3.8, 4) is 5.75 Å². The maximum absolute atomic E-state index is 14.1. The monoisotopic (exact) mass is 555 g/mol. The van der Waals surface area contributed by atoms with E-state index in [1.807, 2.05) is 13.8 Å². The van der Waals surface area contributed by atoms with Crippen LogP contribution in [0, 0.1) is 11.8 Å². The number of fused-ring (bicyclic) bond motifs is 1. The third-order valence-electron chi connectivity index (χ3n) is 8.43. The maximum atomic E-state index is 14.1. The van der Waals surface area contributed by atoms with Crippen molar-refractivity contribution in [1.29, 1.82) is 0 Å². The Balaban J connectivity index is 1.49. The fraction of sp³-hybridized carbons (Fsp3) is 0.483. The lowest BCUT2D eigenvalue weighted by Crippen LogP contribution is -2.55. The van der Waals surface area contributed by atoms with E-state index in [1.54, 1.807) is 55.5 Å². The van der Waals surface area contributed by atoms with Crippen LogP contribution < -0.4 is 15.4 Å². The van der Waals surface area contributed by atoms with Gasteiger partial charge < -0.3 is 30.1 Å². The van der Waals surface area contributed by atoms with Crippen molar-refractivity contribution in [3.05, 3.63) is 53.6 Å². The largest absolute Gasteiger partial charge is 0.494 e. The van der Waals surface area contributed by atoms with Gasteiger partial charge in [0.2, 0.25) is 17.7 Å². The topological polar surface area (TPSA) is 117 Å². The number of nitrogens with zero attached hydrogens (tertiary/aromatic N) is 1. The molecule has 0 aliphatic carbocycles. The number of carbonyl (C=O) groups excluding carboxylic acids is 3. The molecular weight excluding hydrogens is 522 g/mol. The quantitative estimate of drug-likeness (QED) is 0.433. The number of halogens is 1. The van der Waals surface area contributed by atoms with E-state index in [4.69, 9.17) is 21.1 Å². The molecule has 0 radical (unpaired) electrons. The van der Waals surface area contributed by atoms with Gasteiger partial charge in [-0.25, -0.2) is 0 Å². The number of amides is 3. The molecule has 3 fully saturated rings. The lowest BCUT2D eigenvalue weighted by molar-refractivity contribution is -0.147. The number of carbonyl (C=O) groups is 3. The number of nitrogens with one attached hydrogen (secondary N) is 2. The smallest absolute Gasteiger partial charge is 0.250 e. The number of ether oxygens (including phenoxy) is 2. The van der Waals surface area contributed by atoms with Crippen molar-refractivity contribution in [2.75, 3.05) is 23.8 Å². The molecule has 1 spiro atoms. The molecular formula is C29H34ClN3O6. The zero-order valence-electron chi connectivity index (χ0n) is 22.3. The van der Waals surface area contributed by atoms with Gasteiger partial charge in [-0.1, -0.05) is 18.5 Å². The first-order chi connectivity index (χ1) is 18.7. The van der Waals surface area contributed by atoms with Gasteiger partial charge in [-0.3, -0.25) is 14.4 Å². The molecule has 3 aliphatic heterocycles. The molecule has 3 saturated heterocycles. The highest BCUT2D eigenvalue weighted by atomic mass is 35.5. The Morgan fingerprint density at radius 2 is 1.69 bits per heavy atom. The number of anilines is 2. The Hall–Kier alpha value is -3.14. The predicted octanol–water partition coefficient (Wildman–Crippen LogP) is 3.85. The summed E-state index contributed by atoms with van der Waals surface area (Å²) in [5.74, 6) is -2.06. The van der Waals surface area contributed by atoms with Crippen LogP contribution in [0.1, 0.15) is 40.0 Å². The van der Waals surface area contributed by atoms with Crippen molar-refractivity contribution < 1.29 is 29.0 Å². The molecule has 9 nitrogen and oxygen atoms in total. The number of rotatable bonds is 9. The Bertz CT molecular complexity index is 1250. The lowest BCUT2D eigenvalue weighted by Gasteiger charge is -2.36. The van der Waals surface area contributed by atoms with Gasteiger partial charge in [0.1, 0.15) is 17.4 Å². The average Bonchev–Trinajstić information content (AvgIpc) is 3.54. The third-order valence-corrected chi connectivity index (χ3v) is 8.69. The normalized spacial score (nSPS) is 29.7. The molecule has 0 saturated carbocycles. The van der Waals surface area contributed by atoms with Crippen LogP contribution in [0.15, 0.2) is 48.5 Å². The Kier molecular flexibility index (Phi) is 7.35. The Labute approximate surface area is 232 Å². The molecule has 2 aromatic carbocycles. The summed E-state index contributed by atoms with van der Waals surface area (Å²) in [5.41, 5.74) is -0.956. The second-order valence-electron chi connectivity index (χ2n) is 10.6. The van der Waals surface area contributed by atoms with E-state index in [1.165, 1.54) is 4.90 Å². The van der Waals surface area contributed by atoms with E-state index in [-0.39, 0.29) is 18.4 Å². The third kappa shape index (κ3) is 4.46. The summed E-state index contributed by atoms with van der Waals surface area (Å²) in [7, 11) is 0. The van der Waals surface area contributed by atoms with E-state index < -0.39 is 41.0 Å². The van der Waals surface area contributed by atoms with E-state index >= 15 is 0 Å². The molecule has 208 valence electrons. The van der Waals surface area contributed by atoms with Gasteiger partial charge in [-0.05, 0) is 81.6 Å². The summed E-state index contributed by atoms with van der Waals surface area (Å²) in [5, 5.41) is 16.4. The first-order valence-corrected chi connectivity index (χ1v) is 13.8. The summed E-state index contributed by atoms with van der Waals surface area (Å²) in [6, 6.07) is 12.1. The van der Waals surface area contributed by atoms with Crippen LogP contribution in [0.5, 0.6) is 5.75 Å².